The largest absolute Gasteiger partial charge is 0.507 e. The lowest BCUT2D eigenvalue weighted by Gasteiger charge is -2.02. The predicted molar refractivity (Wildman–Crippen MR) is 60.1 cm³/mol. The summed E-state index contributed by atoms with van der Waals surface area (Å²) in [5.74, 6) is 0.306. The van der Waals surface area contributed by atoms with Gasteiger partial charge in [-0.15, -0.1) is 0 Å². The standard InChI is InChI=1S/C11H15N3O/c1-8-11-9(4-3-5-10(11)15)13-14(8)7-6-12-2/h3-5,12,15H,6-7H2,1-2H3. The molecule has 0 aliphatic heterocycles. The van der Waals surface area contributed by atoms with Crippen molar-refractivity contribution in [3.05, 3.63) is 23.9 Å². The highest BCUT2D eigenvalue weighted by Gasteiger charge is 2.09. The van der Waals surface area contributed by atoms with Crippen LogP contribution in [0.5, 0.6) is 5.75 Å². The topological polar surface area (TPSA) is 50.1 Å². The average molecular weight is 205 g/mol. The van der Waals surface area contributed by atoms with Gasteiger partial charge in [-0.2, -0.15) is 5.10 Å². The zero-order valence-corrected chi connectivity index (χ0v) is 8.99. The molecular formula is C11H15N3O. The highest BCUT2D eigenvalue weighted by atomic mass is 16.3. The lowest BCUT2D eigenvalue weighted by atomic mass is 10.2. The Morgan fingerprint density at radius 3 is 2.93 bits per heavy atom. The molecular weight excluding hydrogens is 190 g/mol. The van der Waals surface area contributed by atoms with Crippen molar-refractivity contribution in [2.75, 3.05) is 13.6 Å². The summed E-state index contributed by atoms with van der Waals surface area (Å²) in [6.45, 7) is 3.66. The van der Waals surface area contributed by atoms with E-state index in [1.807, 2.05) is 30.8 Å². The summed E-state index contributed by atoms with van der Waals surface area (Å²) in [5, 5.41) is 18.1. The van der Waals surface area contributed by atoms with Crippen LogP contribution in [0.1, 0.15) is 5.69 Å². The number of likely N-dealkylation sites (N-methyl/N-ethyl adjacent to an activating group) is 1. The molecule has 4 heteroatoms. The molecule has 0 radical (unpaired) electrons. The van der Waals surface area contributed by atoms with E-state index in [0.29, 0.717) is 5.75 Å². The Morgan fingerprint density at radius 1 is 1.47 bits per heavy atom. The quantitative estimate of drug-likeness (QED) is 0.793. The summed E-state index contributed by atoms with van der Waals surface area (Å²) in [4.78, 5) is 0. The van der Waals surface area contributed by atoms with Crippen molar-refractivity contribution in [3.8, 4) is 5.75 Å². The molecule has 4 nitrogen and oxygen atoms in total. The van der Waals surface area contributed by atoms with E-state index >= 15 is 0 Å². The molecule has 15 heavy (non-hydrogen) atoms. The molecule has 1 aromatic carbocycles. The van der Waals surface area contributed by atoms with Gasteiger partial charge in [0.1, 0.15) is 5.75 Å². The van der Waals surface area contributed by atoms with Gasteiger partial charge in [0.05, 0.1) is 17.4 Å². The Kier molecular flexibility index (Phi) is 2.60. The van der Waals surface area contributed by atoms with Crippen molar-refractivity contribution in [3.63, 3.8) is 0 Å². The number of aromatic nitrogens is 2. The number of hydrogen-bond donors (Lipinski definition) is 2. The molecule has 0 aliphatic rings. The molecule has 80 valence electrons. The summed E-state index contributed by atoms with van der Waals surface area (Å²) < 4.78 is 1.92. The van der Waals surface area contributed by atoms with Gasteiger partial charge in [-0.25, -0.2) is 0 Å². The van der Waals surface area contributed by atoms with Gasteiger partial charge in [-0.3, -0.25) is 4.68 Å². The zero-order valence-electron chi connectivity index (χ0n) is 8.99. The molecule has 0 atom stereocenters. The first-order valence-electron chi connectivity index (χ1n) is 5.03. The number of hydrogen-bond acceptors (Lipinski definition) is 3. The number of nitrogens with one attached hydrogen (secondary N) is 1. The van der Waals surface area contributed by atoms with E-state index in [1.165, 1.54) is 0 Å². The number of nitrogens with zero attached hydrogens (tertiary/aromatic N) is 2. The second kappa shape index (κ2) is 3.90. The van der Waals surface area contributed by atoms with E-state index in [2.05, 4.69) is 10.4 Å². The smallest absolute Gasteiger partial charge is 0.126 e. The second-order valence-electron chi connectivity index (χ2n) is 3.58. The maximum absolute atomic E-state index is 9.72. The molecule has 1 heterocycles. The molecule has 0 unspecified atom stereocenters. The molecule has 0 spiro atoms. The van der Waals surface area contributed by atoms with Crippen LogP contribution in [0.3, 0.4) is 0 Å². The van der Waals surface area contributed by atoms with Crippen LogP contribution in [-0.4, -0.2) is 28.5 Å². The first kappa shape index (κ1) is 9.98. The number of phenols is 1. The third kappa shape index (κ3) is 1.68. The Hall–Kier alpha value is -1.55. The van der Waals surface area contributed by atoms with Crippen LogP contribution in [0.25, 0.3) is 10.9 Å². The first-order chi connectivity index (χ1) is 7.24. The van der Waals surface area contributed by atoms with Gasteiger partial charge in [-0.1, -0.05) is 6.07 Å². The maximum Gasteiger partial charge on any atom is 0.126 e. The molecule has 0 aliphatic carbocycles. The van der Waals surface area contributed by atoms with Crippen LogP contribution in [-0.2, 0) is 6.54 Å². The van der Waals surface area contributed by atoms with Crippen LogP contribution in [0.4, 0.5) is 0 Å². The second-order valence-corrected chi connectivity index (χ2v) is 3.58. The summed E-state index contributed by atoms with van der Waals surface area (Å²) in [6.07, 6.45) is 0. The van der Waals surface area contributed by atoms with Gasteiger partial charge < -0.3 is 10.4 Å². The van der Waals surface area contributed by atoms with Crippen molar-refractivity contribution in [2.45, 2.75) is 13.5 Å². The zero-order chi connectivity index (χ0) is 10.8. The number of aromatic hydroxyl groups is 1. The minimum atomic E-state index is 0.306. The molecule has 0 fully saturated rings. The Morgan fingerprint density at radius 2 is 2.27 bits per heavy atom. The molecule has 2 aromatic rings. The first-order valence-corrected chi connectivity index (χ1v) is 5.03. The molecule has 1 aromatic heterocycles. The minimum absolute atomic E-state index is 0.306. The van der Waals surface area contributed by atoms with E-state index in [-0.39, 0.29) is 0 Å². The lowest BCUT2D eigenvalue weighted by molar-refractivity contribution is 0.481. The van der Waals surface area contributed by atoms with Gasteiger partial charge in [0, 0.05) is 12.2 Å². The van der Waals surface area contributed by atoms with Crippen molar-refractivity contribution < 1.29 is 5.11 Å². The Labute approximate surface area is 88.5 Å². The number of phenolic OH excluding ortho intramolecular Hbond substituents is 1. The summed E-state index contributed by atoms with van der Waals surface area (Å²) in [7, 11) is 1.91. The number of fused-ring (bicyclic) bond motifs is 1. The SMILES string of the molecule is CNCCn1nc2cccc(O)c2c1C. The molecule has 0 amide bonds. The number of rotatable bonds is 3. The normalized spacial score (nSPS) is 11.1. The van der Waals surface area contributed by atoms with Gasteiger partial charge in [-0.05, 0) is 26.1 Å². The van der Waals surface area contributed by atoms with E-state index < -0.39 is 0 Å². The van der Waals surface area contributed by atoms with Gasteiger partial charge >= 0.3 is 0 Å². The third-order valence-corrected chi connectivity index (χ3v) is 2.57. The molecule has 2 rings (SSSR count). The van der Waals surface area contributed by atoms with Crippen molar-refractivity contribution in [1.82, 2.24) is 15.1 Å². The fourth-order valence-corrected chi connectivity index (χ4v) is 1.75. The molecule has 0 bridgehead atoms. The van der Waals surface area contributed by atoms with Crippen molar-refractivity contribution in [1.29, 1.82) is 0 Å². The third-order valence-electron chi connectivity index (χ3n) is 2.57. The summed E-state index contributed by atoms with van der Waals surface area (Å²) in [6, 6.07) is 5.42. The van der Waals surface area contributed by atoms with Gasteiger partial charge in [0.25, 0.3) is 0 Å². The monoisotopic (exact) mass is 205 g/mol. The van der Waals surface area contributed by atoms with Gasteiger partial charge in [0.2, 0.25) is 0 Å². The van der Waals surface area contributed by atoms with E-state index in [1.54, 1.807) is 6.07 Å². The van der Waals surface area contributed by atoms with Gasteiger partial charge in [0.15, 0.2) is 0 Å². The minimum Gasteiger partial charge on any atom is -0.507 e. The van der Waals surface area contributed by atoms with Crippen LogP contribution in [0.15, 0.2) is 18.2 Å². The van der Waals surface area contributed by atoms with E-state index in [0.717, 1.165) is 29.7 Å². The van der Waals surface area contributed by atoms with E-state index in [9.17, 15) is 5.11 Å². The Balaban J connectivity index is 2.50. The molecule has 0 saturated heterocycles. The molecule has 2 N–H and O–H groups in total. The molecule has 0 saturated carbocycles. The number of aryl methyl sites for hydroxylation is 1. The van der Waals surface area contributed by atoms with Crippen molar-refractivity contribution >= 4 is 10.9 Å². The summed E-state index contributed by atoms with van der Waals surface area (Å²) in [5.41, 5.74) is 1.86. The summed E-state index contributed by atoms with van der Waals surface area (Å²) >= 11 is 0. The fourth-order valence-electron chi connectivity index (χ4n) is 1.75. The number of benzene rings is 1. The van der Waals surface area contributed by atoms with Crippen LogP contribution < -0.4 is 5.32 Å². The van der Waals surface area contributed by atoms with Crippen molar-refractivity contribution in [2.24, 2.45) is 0 Å². The highest BCUT2D eigenvalue weighted by molar-refractivity contribution is 5.87. The van der Waals surface area contributed by atoms with E-state index in [4.69, 9.17) is 0 Å². The maximum atomic E-state index is 9.72. The van der Waals surface area contributed by atoms with Crippen LogP contribution in [0.2, 0.25) is 0 Å². The average Bonchev–Trinajstić information content (AvgIpc) is 2.54. The fraction of sp³-hybridized carbons (Fsp3) is 0.364. The lowest BCUT2D eigenvalue weighted by Crippen LogP contribution is -2.16. The van der Waals surface area contributed by atoms with Crippen LogP contribution >= 0.6 is 0 Å². The highest BCUT2D eigenvalue weighted by Crippen LogP contribution is 2.26. The van der Waals surface area contributed by atoms with Crippen LogP contribution in [0, 0.1) is 6.92 Å². The Bertz CT molecular complexity index is 476. The predicted octanol–water partition coefficient (Wildman–Crippen LogP) is 1.27.